The summed E-state index contributed by atoms with van der Waals surface area (Å²) in [5, 5.41) is 0. The van der Waals surface area contributed by atoms with Crippen LogP contribution in [0.4, 0.5) is 0 Å². The highest BCUT2D eigenvalue weighted by Gasteiger charge is 2.09. The standard InChI is InChI=1S/C13H20O6S2/c1-3-12-20(14,15)18-10-8-6-5-7-9-11-19-21(16,17)13-4-2/h1-2H,5-13H2. The molecule has 0 radical (unpaired) electrons. The largest absolute Gasteiger partial charge is 0.278 e. The predicted molar refractivity (Wildman–Crippen MR) is 80.2 cm³/mol. The van der Waals surface area contributed by atoms with Crippen molar-refractivity contribution in [1.82, 2.24) is 0 Å². The molecule has 0 aliphatic rings. The van der Waals surface area contributed by atoms with Gasteiger partial charge in [0.1, 0.15) is 11.5 Å². The van der Waals surface area contributed by atoms with E-state index < -0.39 is 31.7 Å². The fourth-order valence-corrected chi connectivity index (χ4v) is 2.71. The van der Waals surface area contributed by atoms with E-state index >= 15 is 0 Å². The molecule has 0 atom stereocenters. The second-order valence-corrected chi connectivity index (χ2v) is 7.50. The van der Waals surface area contributed by atoms with Crippen molar-refractivity contribution in [3.05, 3.63) is 0 Å². The maximum atomic E-state index is 11.1. The number of terminal acetylenes is 2. The molecule has 120 valence electrons. The van der Waals surface area contributed by atoms with E-state index in [1.807, 2.05) is 11.8 Å². The maximum Gasteiger partial charge on any atom is 0.278 e. The highest BCUT2D eigenvalue weighted by atomic mass is 32.2. The van der Waals surface area contributed by atoms with Crippen LogP contribution >= 0.6 is 0 Å². The van der Waals surface area contributed by atoms with E-state index in [0.717, 1.165) is 19.3 Å². The van der Waals surface area contributed by atoms with Crippen molar-refractivity contribution in [2.24, 2.45) is 0 Å². The normalized spacial score (nSPS) is 11.7. The first-order chi connectivity index (χ1) is 9.83. The van der Waals surface area contributed by atoms with Crippen LogP contribution in [0.2, 0.25) is 0 Å². The molecule has 21 heavy (non-hydrogen) atoms. The third kappa shape index (κ3) is 12.4. The van der Waals surface area contributed by atoms with Crippen LogP contribution in [-0.2, 0) is 28.6 Å². The summed E-state index contributed by atoms with van der Waals surface area (Å²) in [6.07, 6.45) is 13.4. The Labute approximate surface area is 127 Å². The zero-order valence-corrected chi connectivity index (χ0v) is 13.4. The molecule has 0 aliphatic carbocycles. The van der Waals surface area contributed by atoms with Gasteiger partial charge >= 0.3 is 0 Å². The molecule has 0 aromatic rings. The lowest BCUT2D eigenvalue weighted by molar-refractivity contribution is 0.298. The second kappa shape index (κ2) is 10.6. The molecule has 0 aliphatic heterocycles. The summed E-state index contributed by atoms with van der Waals surface area (Å²) in [5.41, 5.74) is 0. The number of hydrogen-bond acceptors (Lipinski definition) is 6. The van der Waals surface area contributed by atoms with Crippen molar-refractivity contribution in [2.75, 3.05) is 24.7 Å². The number of hydrogen-bond donors (Lipinski definition) is 0. The molecule has 0 rings (SSSR count). The molecule has 0 amide bonds. The highest BCUT2D eigenvalue weighted by Crippen LogP contribution is 2.06. The van der Waals surface area contributed by atoms with Gasteiger partial charge in [0.25, 0.3) is 20.2 Å². The SMILES string of the molecule is C#CCS(=O)(=O)OCCCCCCCOS(=O)(=O)CC#C. The highest BCUT2D eigenvalue weighted by molar-refractivity contribution is 7.87. The number of rotatable bonds is 12. The van der Waals surface area contributed by atoms with Crippen molar-refractivity contribution < 1.29 is 25.2 Å². The summed E-state index contributed by atoms with van der Waals surface area (Å²) in [5.74, 6) is 3.19. The van der Waals surface area contributed by atoms with Gasteiger partial charge in [-0.2, -0.15) is 16.8 Å². The summed E-state index contributed by atoms with van der Waals surface area (Å²) in [7, 11) is -7.19. The zero-order chi connectivity index (χ0) is 16.2. The Bertz CT molecular complexity index is 511. The van der Waals surface area contributed by atoms with Gasteiger partial charge in [0.2, 0.25) is 0 Å². The fourth-order valence-electron chi connectivity index (χ4n) is 1.39. The predicted octanol–water partition coefficient (Wildman–Crippen LogP) is 0.896. The molecule has 6 nitrogen and oxygen atoms in total. The Hall–Kier alpha value is -1.06. The van der Waals surface area contributed by atoms with E-state index in [1.54, 1.807) is 0 Å². The molecule has 0 spiro atoms. The smallest absolute Gasteiger partial charge is 0.269 e. The van der Waals surface area contributed by atoms with Gasteiger partial charge in [0.15, 0.2) is 0 Å². The van der Waals surface area contributed by atoms with Gasteiger partial charge in [-0.25, -0.2) is 0 Å². The lowest BCUT2D eigenvalue weighted by Crippen LogP contribution is -2.10. The van der Waals surface area contributed by atoms with Crippen LogP contribution in [0.5, 0.6) is 0 Å². The average molecular weight is 336 g/mol. The van der Waals surface area contributed by atoms with E-state index in [9.17, 15) is 16.8 Å². The summed E-state index contributed by atoms with van der Waals surface area (Å²) in [6, 6.07) is 0. The monoisotopic (exact) mass is 336 g/mol. The van der Waals surface area contributed by atoms with Gasteiger partial charge < -0.3 is 0 Å². The molecule has 0 aromatic carbocycles. The van der Waals surface area contributed by atoms with Crippen LogP contribution < -0.4 is 0 Å². The molecule has 0 saturated carbocycles. The van der Waals surface area contributed by atoms with E-state index in [2.05, 4.69) is 8.37 Å². The molecule has 0 heterocycles. The lowest BCUT2D eigenvalue weighted by Gasteiger charge is -2.04. The first-order valence-electron chi connectivity index (χ1n) is 6.44. The summed E-state index contributed by atoms with van der Waals surface area (Å²) in [4.78, 5) is 0. The van der Waals surface area contributed by atoms with Crippen molar-refractivity contribution in [1.29, 1.82) is 0 Å². The summed E-state index contributed by atoms with van der Waals surface area (Å²) < 4.78 is 53.8. The fraction of sp³-hybridized carbons (Fsp3) is 0.692. The number of unbranched alkanes of at least 4 members (excludes halogenated alkanes) is 4. The summed E-state index contributed by atoms with van der Waals surface area (Å²) >= 11 is 0. The molecule has 0 saturated heterocycles. The van der Waals surface area contributed by atoms with Crippen molar-refractivity contribution in [3.8, 4) is 24.7 Å². The minimum absolute atomic E-state index is 0.108. The Morgan fingerprint density at radius 3 is 1.33 bits per heavy atom. The molecule has 0 N–H and O–H groups in total. The minimum atomic E-state index is -3.59. The zero-order valence-electron chi connectivity index (χ0n) is 11.8. The molecule has 0 unspecified atom stereocenters. The molecular formula is C13H20O6S2. The van der Waals surface area contributed by atoms with E-state index in [-0.39, 0.29) is 13.2 Å². The van der Waals surface area contributed by atoms with Crippen LogP contribution in [0.25, 0.3) is 0 Å². The topological polar surface area (TPSA) is 86.7 Å². The van der Waals surface area contributed by atoms with Gasteiger partial charge in [-0.3, -0.25) is 8.37 Å². The van der Waals surface area contributed by atoms with Crippen molar-refractivity contribution in [2.45, 2.75) is 32.1 Å². The van der Waals surface area contributed by atoms with Crippen LogP contribution in [0.1, 0.15) is 32.1 Å². The molecule has 0 fully saturated rings. The van der Waals surface area contributed by atoms with Crippen LogP contribution in [0, 0.1) is 24.7 Å². The Morgan fingerprint density at radius 2 is 1.00 bits per heavy atom. The van der Waals surface area contributed by atoms with Crippen LogP contribution in [0.3, 0.4) is 0 Å². The minimum Gasteiger partial charge on any atom is -0.269 e. The van der Waals surface area contributed by atoms with Gasteiger partial charge in [0.05, 0.1) is 13.2 Å². The van der Waals surface area contributed by atoms with E-state index in [4.69, 9.17) is 12.8 Å². The Morgan fingerprint density at radius 1 is 0.667 bits per heavy atom. The Balaban J connectivity index is 3.51. The Kier molecular flexibility index (Phi) is 10.1. The van der Waals surface area contributed by atoms with Gasteiger partial charge in [-0.05, 0) is 12.8 Å². The first-order valence-corrected chi connectivity index (χ1v) is 9.59. The molecule has 0 bridgehead atoms. The summed E-state index contributed by atoms with van der Waals surface area (Å²) in [6.45, 7) is 0.216. The van der Waals surface area contributed by atoms with Gasteiger partial charge in [-0.15, -0.1) is 12.8 Å². The third-order valence-corrected chi connectivity index (χ3v) is 4.43. The van der Waals surface area contributed by atoms with Crippen molar-refractivity contribution >= 4 is 20.2 Å². The first kappa shape index (κ1) is 19.9. The second-order valence-electron chi connectivity index (χ2n) is 4.22. The molecular weight excluding hydrogens is 316 g/mol. The van der Waals surface area contributed by atoms with Gasteiger partial charge in [-0.1, -0.05) is 31.1 Å². The lowest BCUT2D eigenvalue weighted by atomic mass is 10.2. The van der Waals surface area contributed by atoms with Crippen LogP contribution in [-0.4, -0.2) is 41.6 Å². The third-order valence-electron chi connectivity index (χ3n) is 2.33. The van der Waals surface area contributed by atoms with Crippen LogP contribution in [0.15, 0.2) is 0 Å². The van der Waals surface area contributed by atoms with Crippen molar-refractivity contribution in [3.63, 3.8) is 0 Å². The van der Waals surface area contributed by atoms with E-state index in [1.165, 1.54) is 0 Å². The molecule has 0 aromatic heterocycles. The quantitative estimate of drug-likeness (QED) is 0.299. The van der Waals surface area contributed by atoms with E-state index in [0.29, 0.717) is 12.8 Å². The molecule has 8 heteroatoms. The maximum absolute atomic E-state index is 11.1. The van der Waals surface area contributed by atoms with Gasteiger partial charge in [0, 0.05) is 0 Å². The average Bonchev–Trinajstić information content (AvgIpc) is 2.36.